The SMILES string of the molecule is Cc1cccc2nc(NCCn3cccn3)nn12. The average Bonchev–Trinajstić information content (AvgIpc) is 2.98. The van der Waals surface area contributed by atoms with Crippen LogP contribution in [0.5, 0.6) is 0 Å². The molecule has 3 aromatic rings. The van der Waals surface area contributed by atoms with Crippen LogP contribution in [0.25, 0.3) is 5.65 Å². The largest absolute Gasteiger partial charge is 0.351 e. The van der Waals surface area contributed by atoms with Gasteiger partial charge in [0.05, 0.1) is 6.54 Å². The van der Waals surface area contributed by atoms with Crippen molar-refractivity contribution in [3.63, 3.8) is 0 Å². The van der Waals surface area contributed by atoms with E-state index >= 15 is 0 Å². The van der Waals surface area contributed by atoms with Crippen LogP contribution < -0.4 is 5.32 Å². The van der Waals surface area contributed by atoms with Gasteiger partial charge in [0.25, 0.3) is 0 Å². The smallest absolute Gasteiger partial charge is 0.243 e. The lowest BCUT2D eigenvalue weighted by Gasteiger charge is -2.01. The van der Waals surface area contributed by atoms with Crippen LogP contribution in [0.2, 0.25) is 0 Å². The molecule has 6 heteroatoms. The summed E-state index contributed by atoms with van der Waals surface area (Å²) in [4.78, 5) is 4.40. The summed E-state index contributed by atoms with van der Waals surface area (Å²) in [5.74, 6) is 0.649. The molecule has 0 atom stereocenters. The van der Waals surface area contributed by atoms with E-state index in [-0.39, 0.29) is 0 Å². The van der Waals surface area contributed by atoms with E-state index < -0.39 is 0 Å². The molecule has 0 amide bonds. The molecule has 3 aromatic heterocycles. The number of aryl methyl sites for hydroxylation is 1. The fourth-order valence-corrected chi connectivity index (χ4v) is 1.83. The quantitative estimate of drug-likeness (QED) is 0.750. The monoisotopic (exact) mass is 242 g/mol. The molecule has 1 N–H and O–H groups in total. The Bertz CT molecular complexity index is 640. The molecule has 3 heterocycles. The molecule has 18 heavy (non-hydrogen) atoms. The van der Waals surface area contributed by atoms with Gasteiger partial charge in [0.15, 0.2) is 5.65 Å². The molecule has 3 rings (SSSR count). The summed E-state index contributed by atoms with van der Waals surface area (Å²) < 4.78 is 3.70. The van der Waals surface area contributed by atoms with Crippen LogP contribution in [0, 0.1) is 6.92 Å². The Morgan fingerprint density at radius 2 is 2.22 bits per heavy atom. The standard InChI is InChI=1S/C12H14N6/c1-10-4-2-5-11-15-12(16-18(10)11)13-7-9-17-8-3-6-14-17/h2-6,8H,7,9H2,1H3,(H,13,16). The van der Waals surface area contributed by atoms with Crippen molar-refractivity contribution >= 4 is 11.6 Å². The van der Waals surface area contributed by atoms with Crippen LogP contribution in [0.1, 0.15) is 5.69 Å². The Kier molecular flexibility index (Phi) is 2.68. The van der Waals surface area contributed by atoms with Gasteiger partial charge in [-0.15, -0.1) is 5.10 Å². The van der Waals surface area contributed by atoms with E-state index in [1.165, 1.54) is 0 Å². The summed E-state index contributed by atoms with van der Waals surface area (Å²) in [5, 5.41) is 11.7. The van der Waals surface area contributed by atoms with Crippen molar-refractivity contribution in [1.82, 2.24) is 24.4 Å². The third kappa shape index (κ3) is 2.04. The number of fused-ring (bicyclic) bond motifs is 1. The molecule has 0 radical (unpaired) electrons. The first kappa shape index (κ1) is 10.8. The first-order valence-corrected chi connectivity index (χ1v) is 5.86. The maximum Gasteiger partial charge on any atom is 0.243 e. The van der Waals surface area contributed by atoms with E-state index in [1.807, 2.05) is 46.6 Å². The molecular weight excluding hydrogens is 228 g/mol. The van der Waals surface area contributed by atoms with Crippen LogP contribution in [0.4, 0.5) is 5.95 Å². The van der Waals surface area contributed by atoms with Gasteiger partial charge in [-0.25, -0.2) is 4.52 Å². The first-order chi connectivity index (χ1) is 8.83. The minimum Gasteiger partial charge on any atom is -0.351 e. The highest BCUT2D eigenvalue weighted by atomic mass is 15.4. The number of nitrogens with one attached hydrogen (secondary N) is 1. The van der Waals surface area contributed by atoms with Crippen LogP contribution in [0.15, 0.2) is 36.7 Å². The first-order valence-electron chi connectivity index (χ1n) is 5.86. The molecule has 0 spiro atoms. The van der Waals surface area contributed by atoms with Crippen molar-refractivity contribution in [1.29, 1.82) is 0 Å². The predicted molar refractivity (Wildman–Crippen MR) is 68.4 cm³/mol. The normalized spacial score (nSPS) is 10.9. The number of pyridine rings is 1. The molecule has 0 bridgehead atoms. The van der Waals surface area contributed by atoms with Crippen LogP contribution >= 0.6 is 0 Å². The maximum atomic E-state index is 4.40. The molecule has 0 fully saturated rings. The van der Waals surface area contributed by atoms with Gasteiger partial charge in [0.2, 0.25) is 5.95 Å². The molecule has 0 saturated heterocycles. The maximum absolute atomic E-state index is 4.40. The molecule has 0 unspecified atom stereocenters. The van der Waals surface area contributed by atoms with Crippen molar-refractivity contribution in [2.45, 2.75) is 13.5 Å². The number of anilines is 1. The predicted octanol–water partition coefficient (Wildman–Crippen LogP) is 1.35. The van der Waals surface area contributed by atoms with Crippen LogP contribution in [0.3, 0.4) is 0 Å². The molecular formula is C12H14N6. The van der Waals surface area contributed by atoms with Gasteiger partial charge in [-0.1, -0.05) is 6.07 Å². The Labute approximate surface area is 104 Å². The molecule has 0 aromatic carbocycles. The van der Waals surface area contributed by atoms with E-state index in [9.17, 15) is 0 Å². The van der Waals surface area contributed by atoms with Gasteiger partial charge in [-0.2, -0.15) is 10.1 Å². The summed E-state index contributed by atoms with van der Waals surface area (Å²) in [6.07, 6.45) is 3.70. The fraction of sp³-hybridized carbons (Fsp3) is 0.250. The van der Waals surface area contributed by atoms with Gasteiger partial charge >= 0.3 is 0 Å². The highest BCUT2D eigenvalue weighted by Gasteiger charge is 2.03. The number of nitrogens with zero attached hydrogens (tertiary/aromatic N) is 5. The van der Waals surface area contributed by atoms with Gasteiger partial charge in [-0.05, 0) is 25.1 Å². The van der Waals surface area contributed by atoms with E-state index in [4.69, 9.17) is 0 Å². The summed E-state index contributed by atoms with van der Waals surface area (Å²) in [7, 11) is 0. The van der Waals surface area contributed by atoms with E-state index in [0.29, 0.717) is 5.95 Å². The zero-order chi connectivity index (χ0) is 12.4. The zero-order valence-electron chi connectivity index (χ0n) is 10.1. The molecule has 0 aliphatic heterocycles. The van der Waals surface area contributed by atoms with Crippen molar-refractivity contribution in [3.8, 4) is 0 Å². The van der Waals surface area contributed by atoms with E-state index in [0.717, 1.165) is 24.4 Å². The Morgan fingerprint density at radius 3 is 3.00 bits per heavy atom. The zero-order valence-corrected chi connectivity index (χ0v) is 10.1. The molecule has 0 saturated carbocycles. The van der Waals surface area contributed by atoms with Crippen molar-refractivity contribution < 1.29 is 0 Å². The van der Waals surface area contributed by atoms with Crippen LogP contribution in [-0.2, 0) is 6.54 Å². The molecule has 6 nitrogen and oxygen atoms in total. The molecule has 92 valence electrons. The minimum atomic E-state index is 0.649. The Hall–Kier alpha value is -2.37. The summed E-state index contributed by atoms with van der Waals surface area (Å²) in [6.45, 7) is 3.55. The van der Waals surface area contributed by atoms with Crippen molar-refractivity contribution in [2.24, 2.45) is 0 Å². The number of rotatable bonds is 4. The lowest BCUT2D eigenvalue weighted by molar-refractivity contribution is 0.636. The number of aromatic nitrogens is 5. The molecule has 0 aliphatic carbocycles. The third-order valence-electron chi connectivity index (χ3n) is 2.73. The van der Waals surface area contributed by atoms with Gasteiger partial charge < -0.3 is 5.32 Å². The summed E-state index contributed by atoms with van der Waals surface area (Å²) in [5.41, 5.74) is 1.93. The topological polar surface area (TPSA) is 60.0 Å². The van der Waals surface area contributed by atoms with Gasteiger partial charge in [0, 0.05) is 24.6 Å². The van der Waals surface area contributed by atoms with E-state index in [1.54, 1.807) is 6.20 Å². The van der Waals surface area contributed by atoms with Crippen molar-refractivity contribution in [3.05, 3.63) is 42.4 Å². The Balaban J connectivity index is 1.69. The lowest BCUT2D eigenvalue weighted by atomic mass is 10.4. The minimum absolute atomic E-state index is 0.649. The highest BCUT2D eigenvalue weighted by molar-refractivity contribution is 5.44. The molecule has 0 aliphatic rings. The van der Waals surface area contributed by atoms with Crippen LogP contribution in [-0.4, -0.2) is 30.9 Å². The van der Waals surface area contributed by atoms with Gasteiger partial charge in [-0.3, -0.25) is 4.68 Å². The number of hydrogen-bond donors (Lipinski definition) is 1. The fourth-order valence-electron chi connectivity index (χ4n) is 1.83. The average molecular weight is 242 g/mol. The summed E-state index contributed by atoms with van der Waals surface area (Å²) in [6, 6.07) is 7.84. The Morgan fingerprint density at radius 1 is 1.28 bits per heavy atom. The summed E-state index contributed by atoms with van der Waals surface area (Å²) >= 11 is 0. The highest BCUT2D eigenvalue weighted by Crippen LogP contribution is 2.07. The third-order valence-corrected chi connectivity index (χ3v) is 2.73. The van der Waals surface area contributed by atoms with E-state index in [2.05, 4.69) is 20.5 Å². The number of hydrogen-bond acceptors (Lipinski definition) is 4. The second kappa shape index (κ2) is 4.48. The second-order valence-corrected chi connectivity index (χ2v) is 4.07. The lowest BCUT2D eigenvalue weighted by Crippen LogP contribution is -2.11. The van der Waals surface area contributed by atoms with Gasteiger partial charge in [0.1, 0.15) is 0 Å². The van der Waals surface area contributed by atoms with Crippen molar-refractivity contribution in [2.75, 3.05) is 11.9 Å². The second-order valence-electron chi connectivity index (χ2n) is 4.07.